The number of anilines is 1. The van der Waals surface area contributed by atoms with Crippen LogP contribution in [0.1, 0.15) is 28.2 Å². The van der Waals surface area contributed by atoms with E-state index < -0.39 is 28.9 Å². The molecule has 3 aromatic rings. The second-order valence-electron chi connectivity index (χ2n) is 6.72. The highest BCUT2D eigenvalue weighted by Crippen LogP contribution is 2.34. The number of carbonyl (C=O) groups excluding carboxylic acids is 1. The van der Waals surface area contributed by atoms with Crippen molar-refractivity contribution in [1.29, 1.82) is 0 Å². The van der Waals surface area contributed by atoms with Gasteiger partial charge in [0.25, 0.3) is 11.1 Å². The maximum absolute atomic E-state index is 12.7. The number of nitrogens with zero attached hydrogens (tertiary/aromatic N) is 1. The van der Waals surface area contributed by atoms with Gasteiger partial charge in [-0.25, -0.2) is 4.98 Å². The van der Waals surface area contributed by atoms with E-state index in [-0.39, 0.29) is 17.1 Å². The van der Waals surface area contributed by atoms with Crippen molar-refractivity contribution in [2.75, 3.05) is 11.1 Å². The van der Waals surface area contributed by atoms with Crippen LogP contribution in [0.15, 0.2) is 21.9 Å². The molecule has 3 N–H and O–H groups in total. The molecule has 0 unspecified atom stereocenters. The van der Waals surface area contributed by atoms with Crippen LogP contribution in [-0.4, -0.2) is 26.6 Å². The predicted octanol–water partition coefficient (Wildman–Crippen LogP) is 3.05. The van der Waals surface area contributed by atoms with Gasteiger partial charge in [0.05, 0.1) is 22.5 Å². The Morgan fingerprint density at radius 2 is 2.07 bits per heavy atom. The van der Waals surface area contributed by atoms with E-state index in [2.05, 4.69) is 15.3 Å². The van der Waals surface area contributed by atoms with E-state index >= 15 is 0 Å². The van der Waals surface area contributed by atoms with Gasteiger partial charge in [-0.1, -0.05) is 0 Å². The van der Waals surface area contributed by atoms with Crippen molar-refractivity contribution in [2.24, 2.45) is 0 Å². The second-order valence-corrected chi connectivity index (χ2v) is 8.79. The molecule has 0 aliphatic heterocycles. The highest BCUT2D eigenvalue weighted by atomic mass is 32.2. The molecule has 1 amide bonds. The molecule has 30 heavy (non-hydrogen) atoms. The first-order valence-corrected chi connectivity index (χ1v) is 10.9. The highest BCUT2D eigenvalue weighted by Gasteiger charge is 2.31. The molecule has 0 saturated heterocycles. The van der Waals surface area contributed by atoms with Crippen molar-refractivity contribution in [3.05, 3.63) is 54.8 Å². The lowest BCUT2D eigenvalue weighted by molar-refractivity contribution is -0.137. The van der Waals surface area contributed by atoms with E-state index in [0.717, 1.165) is 36.6 Å². The molecule has 158 valence electrons. The standard InChI is InChI=1S/C18H15F3N4O3S2/c19-18(20,21)8-4-10(15(27)22-5-8)23-13(26)7-29-6-12-24-16(28)14-9-2-1-3-11(9)30-17(14)25-12/h4-5H,1-3,6-7H2,(H,22,27)(H,23,26)(H,24,25,28). The maximum atomic E-state index is 12.7. The van der Waals surface area contributed by atoms with Crippen LogP contribution in [0.2, 0.25) is 0 Å². The average Bonchev–Trinajstić information content (AvgIpc) is 3.23. The molecule has 0 atom stereocenters. The van der Waals surface area contributed by atoms with Crippen LogP contribution >= 0.6 is 23.1 Å². The summed E-state index contributed by atoms with van der Waals surface area (Å²) in [5.41, 5.74) is -1.49. The van der Waals surface area contributed by atoms with E-state index in [1.165, 1.54) is 16.2 Å². The van der Waals surface area contributed by atoms with Crippen LogP contribution in [-0.2, 0) is 29.6 Å². The molecule has 4 rings (SSSR count). The molecule has 0 saturated carbocycles. The molecule has 0 radical (unpaired) electrons. The van der Waals surface area contributed by atoms with E-state index in [4.69, 9.17) is 0 Å². The number of pyridine rings is 1. The summed E-state index contributed by atoms with van der Waals surface area (Å²) in [5.74, 6) is -0.108. The zero-order valence-corrected chi connectivity index (χ0v) is 16.9. The van der Waals surface area contributed by atoms with Gasteiger partial charge in [0, 0.05) is 11.1 Å². The topological polar surface area (TPSA) is 108 Å². The van der Waals surface area contributed by atoms with Crippen molar-refractivity contribution in [1.82, 2.24) is 15.0 Å². The normalized spacial score (nSPS) is 13.6. The zero-order valence-electron chi connectivity index (χ0n) is 15.3. The van der Waals surface area contributed by atoms with Crippen molar-refractivity contribution in [2.45, 2.75) is 31.2 Å². The number of aryl methyl sites for hydroxylation is 2. The van der Waals surface area contributed by atoms with E-state index in [0.29, 0.717) is 28.3 Å². The van der Waals surface area contributed by atoms with Crippen LogP contribution < -0.4 is 16.4 Å². The maximum Gasteiger partial charge on any atom is 0.417 e. The fourth-order valence-electron chi connectivity index (χ4n) is 3.28. The van der Waals surface area contributed by atoms with Gasteiger partial charge in [-0.3, -0.25) is 14.4 Å². The Morgan fingerprint density at radius 3 is 2.83 bits per heavy atom. The summed E-state index contributed by atoms with van der Waals surface area (Å²) in [6.07, 6.45) is -1.22. The van der Waals surface area contributed by atoms with Gasteiger partial charge < -0.3 is 15.3 Å². The van der Waals surface area contributed by atoms with Gasteiger partial charge in [0.2, 0.25) is 5.91 Å². The number of hydrogen-bond acceptors (Lipinski definition) is 6. The first-order chi connectivity index (χ1) is 14.2. The van der Waals surface area contributed by atoms with Crippen molar-refractivity contribution >= 4 is 44.9 Å². The molecular formula is C18H15F3N4O3S2. The minimum atomic E-state index is -4.64. The Labute approximate surface area is 175 Å². The Kier molecular flexibility index (Phi) is 5.45. The second kappa shape index (κ2) is 7.91. The third kappa shape index (κ3) is 4.15. The molecule has 0 fully saturated rings. The molecule has 0 spiro atoms. The summed E-state index contributed by atoms with van der Waals surface area (Å²) >= 11 is 2.63. The number of aromatic amines is 2. The summed E-state index contributed by atoms with van der Waals surface area (Å²) in [5, 5.41) is 2.82. The summed E-state index contributed by atoms with van der Waals surface area (Å²) < 4.78 is 38.2. The third-order valence-electron chi connectivity index (χ3n) is 4.60. The van der Waals surface area contributed by atoms with Gasteiger partial charge in [-0.2, -0.15) is 13.2 Å². The van der Waals surface area contributed by atoms with Crippen LogP contribution in [0.3, 0.4) is 0 Å². The summed E-state index contributed by atoms with van der Waals surface area (Å²) in [6.45, 7) is 0. The Morgan fingerprint density at radius 1 is 1.27 bits per heavy atom. The number of carbonyl (C=O) groups is 1. The number of nitrogens with one attached hydrogen (secondary N) is 3. The first-order valence-electron chi connectivity index (χ1n) is 8.93. The number of rotatable bonds is 5. The lowest BCUT2D eigenvalue weighted by Crippen LogP contribution is -2.22. The number of halogens is 3. The number of aromatic nitrogens is 3. The van der Waals surface area contributed by atoms with Gasteiger partial charge in [0.1, 0.15) is 16.3 Å². The quantitative estimate of drug-likeness (QED) is 0.547. The fraction of sp³-hybridized carbons (Fsp3) is 0.333. The van der Waals surface area contributed by atoms with Crippen LogP contribution in [0.4, 0.5) is 18.9 Å². The molecule has 0 aromatic carbocycles. The number of alkyl halides is 3. The number of fused-ring (bicyclic) bond motifs is 3. The Balaban J connectivity index is 1.40. The van der Waals surface area contributed by atoms with E-state index in [1.54, 1.807) is 0 Å². The van der Waals surface area contributed by atoms with Crippen molar-refractivity contribution < 1.29 is 18.0 Å². The number of thiophene rings is 1. The SMILES string of the molecule is O=C(CSCc1nc2sc3c(c2c(=O)[nH]1)CCC3)Nc1cc(C(F)(F)F)c[nH]c1=O. The number of amides is 1. The first kappa shape index (κ1) is 20.7. The van der Waals surface area contributed by atoms with Gasteiger partial charge in [-0.15, -0.1) is 23.1 Å². The van der Waals surface area contributed by atoms with Gasteiger partial charge in [-0.05, 0) is 30.9 Å². The molecule has 0 bridgehead atoms. The smallest absolute Gasteiger partial charge is 0.327 e. The van der Waals surface area contributed by atoms with Crippen LogP contribution in [0.25, 0.3) is 10.2 Å². The zero-order chi connectivity index (χ0) is 21.5. The Hall–Kier alpha value is -2.60. The summed E-state index contributed by atoms with van der Waals surface area (Å²) in [7, 11) is 0. The molecule has 1 aliphatic rings. The average molecular weight is 456 g/mol. The monoisotopic (exact) mass is 456 g/mol. The molecule has 1 aliphatic carbocycles. The minimum Gasteiger partial charge on any atom is -0.327 e. The minimum absolute atomic E-state index is 0.127. The Bertz CT molecular complexity index is 1250. The van der Waals surface area contributed by atoms with Gasteiger partial charge >= 0.3 is 6.18 Å². The molecule has 12 heteroatoms. The highest BCUT2D eigenvalue weighted by molar-refractivity contribution is 7.99. The summed E-state index contributed by atoms with van der Waals surface area (Å²) in [6, 6.07) is 0.588. The van der Waals surface area contributed by atoms with E-state index in [1.807, 2.05) is 4.98 Å². The molecule has 7 nitrogen and oxygen atoms in total. The third-order valence-corrected chi connectivity index (χ3v) is 6.73. The largest absolute Gasteiger partial charge is 0.417 e. The number of H-pyrrole nitrogens is 2. The number of hydrogen-bond donors (Lipinski definition) is 3. The lowest BCUT2D eigenvalue weighted by atomic mass is 10.2. The van der Waals surface area contributed by atoms with Crippen LogP contribution in [0, 0.1) is 0 Å². The lowest BCUT2D eigenvalue weighted by Gasteiger charge is -2.09. The molecule has 3 heterocycles. The fourth-order valence-corrected chi connectivity index (χ4v) is 5.25. The van der Waals surface area contributed by atoms with Crippen molar-refractivity contribution in [3.63, 3.8) is 0 Å². The molecule has 3 aromatic heterocycles. The number of thioether (sulfide) groups is 1. The van der Waals surface area contributed by atoms with Crippen molar-refractivity contribution in [3.8, 4) is 0 Å². The summed E-state index contributed by atoms with van der Waals surface area (Å²) in [4.78, 5) is 47.1. The van der Waals surface area contributed by atoms with E-state index in [9.17, 15) is 27.6 Å². The predicted molar refractivity (Wildman–Crippen MR) is 109 cm³/mol. The van der Waals surface area contributed by atoms with Crippen LogP contribution in [0.5, 0.6) is 0 Å². The van der Waals surface area contributed by atoms with Gasteiger partial charge in [0.15, 0.2) is 0 Å². The molecular weight excluding hydrogens is 441 g/mol.